The maximum absolute atomic E-state index is 15.2. The molecule has 0 spiro atoms. The van der Waals surface area contributed by atoms with Crippen molar-refractivity contribution in [1.29, 1.82) is 0 Å². The van der Waals surface area contributed by atoms with Crippen molar-refractivity contribution in [3.63, 3.8) is 0 Å². The number of rotatable bonds is 44. The average Bonchev–Trinajstić information content (AvgIpc) is 1.57. The van der Waals surface area contributed by atoms with E-state index < -0.39 is 132 Å². The van der Waals surface area contributed by atoms with Crippen LogP contribution in [0.2, 0.25) is 5.02 Å². The lowest BCUT2D eigenvalue weighted by atomic mass is 9.99. The van der Waals surface area contributed by atoms with Gasteiger partial charge in [0, 0.05) is 95.8 Å². The molecule has 1 aliphatic rings. The highest BCUT2D eigenvalue weighted by Crippen LogP contribution is 2.23. The number of guanidine groups is 2. The largest absolute Gasteiger partial charge is 0.508 e. The van der Waals surface area contributed by atoms with Crippen molar-refractivity contribution >= 4 is 99.3 Å². The molecule has 1 aliphatic heterocycles. The number of nitrogens with two attached hydrogens (primary N) is 1. The number of unbranched alkanes of at least 4 members (excludes halogenated alkanes) is 2. The van der Waals surface area contributed by atoms with Gasteiger partial charge < -0.3 is 90.0 Å². The Labute approximate surface area is 660 Å². The van der Waals surface area contributed by atoms with Gasteiger partial charge in [-0.2, -0.15) is 0 Å². The third kappa shape index (κ3) is 30.4. The molecule has 17 N–H and O–H groups in total. The van der Waals surface area contributed by atoms with E-state index in [4.69, 9.17) is 17.3 Å². The van der Waals surface area contributed by atoms with Crippen LogP contribution in [-0.2, 0) is 78.4 Å². The van der Waals surface area contributed by atoms with Crippen LogP contribution in [0.5, 0.6) is 5.75 Å². The molecule has 1 saturated heterocycles. The number of pyridine rings is 1. The number of hydrogen-bond acceptors (Lipinski definition) is 16. The average molecular weight is 1570 g/mol. The molecular formula is C80H113ClN18O13. The lowest BCUT2D eigenvalue weighted by Gasteiger charge is -2.31. The fourth-order valence-electron chi connectivity index (χ4n) is 12.7. The second-order valence-corrected chi connectivity index (χ2v) is 28.5. The maximum Gasteiger partial charge on any atom is 0.245 e. The van der Waals surface area contributed by atoms with Crippen LogP contribution in [0, 0.1) is 5.92 Å². The van der Waals surface area contributed by atoms with Crippen LogP contribution in [0.25, 0.3) is 10.8 Å². The topological polar surface area (TPSA) is 451 Å². The van der Waals surface area contributed by atoms with E-state index in [9.17, 15) is 53.4 Å². The van der Waals surface area contributed by atoms with Gasteiger partial charge in [-0.1, -0.05) is 98.2 Å². The number of fused-ring (bicyclic) bond motifs is 1. The Morgan fingerprint density at radius 3 is 1.47 bits per heavy atom. The summed E-state index contributed by atoms with van der Waals surface area (Å²) in [6.07, 6.45) is 4.77. The summed E-state index contributed by atoms with van der Waals surface area (Å²) in [4.78, 5) is 172. The van der Waals surface area contributed by atoms with E-state index >= 15 is 9.59 Å². The number of nitrogens with zero attached hydrogens (tertiary/aromatic N) is 4. The van der Waals surface area contributed by atoms with E-state index in [1.54, 1.807) is 36.4 Å². The van der Waals surface area contributed by atoms with Gasteiger partial charge in [0.15, 0.2) is 11.9 Å². The minimum absolute atomic E-state index is 0.0365. The molecule has 1 fully saturated rings. The molecule has 32 heteroatoms. The molecule has 112 heavy (non-hydrogen) atoms. The molecule has 0 unspecified atom stereocenters. The van der Waals surface area contributed by atoms with Crippen molar-refractivity contribution in [3.05, 3.63) is 143 Å². The number of aromatic nitrogens is 1. The van der Waals surface area contributed by atoms with Crippen molar-refractivity contribution in [2.75, 3.05) is 52.4 Å². The fourth-order valence-corrected chi connectivity index (χ4v) is 12.8. The second kappa shape index (κ2) is 47.3. The van der Waals surface area contributed by atoms with E-state index in [0.29, 0.717) is 104 Å². The summed E-state index contributed by atoms with van der Waals surface area (Å²) < 4.78 is 0. The van der Waals surface area contributed by atoms with Gasteiger partial charge in [0.05, 0.1) is 6.61 Å². The summed E-state index contributed by atoms with van der Waals surface area (Å²) >= 11 is 6.26. The van der Waals surface area contributed by atoms with E-state index in [2.05, 4.69) is 84.1 Å². The molecule has 4 aromatic carbocycles. The second-order valence-electron chi connectivity index (χ2n) is 28.0. The zero-order valence-corrected chi connectivity index (χ0v) is 66.1. The number of aliphatic hydroxyl groups excluding tert-OH is 1. The first-order chi connectivity index (χ1) is 53.7. The van der Waals surface area contributed by atoms with E-state index in [1.165, 1.54) is 55.4 Å². The minimum Gasteiger partial charge on any atom is -0.508 e. The minimum atomic E-state index is -1.82. The number of benzene rings is 4. The summed E-state index contributed by atoms with van der Waals surface area (Å²) in [5.74, 6) is -7.72. The summed E-state index contributed by atoms with van der Waals surface area (Å²) in [6, 6.07) is 15.3. The van der Waals surface area contributed by atoms with Gasteiger partial charge in [-0.15, -0.1) is 0 Å². The highest BCUT2D eigenvalue weighted by atomic mass is 35.5. The molecule has 10 atom stereocenters. The number of carbonyl (C=O) groups excluding carboxylic acids is 11. The van der Waals surface area contributed by atoms with Crippen LogP contribution in [-0.4, -0.2) is 210 Å². The van der Waals surface area contributed by atoms with Gasteiger partial charge in [-0.25, -0.2) is 0 Å². The first-order valence-corrected chi connectivity index (χ1v) is 38.9. The molecule has 0 saturated carbocycles. The van der Waals surface area contributed by atoms with Gasteiger partial charge in [0.2, 0.25) is 65.0 Å². The van der Waals surface area contributed by atoms with Crippen LogP contribution in [0.4, 0.5) is 0 Å². The summed E-state index contributed by atoms with van der Waals surface area (Å²) in [5.41, 5.74) is 7.61. The normalized spacial score (nSPS) is 14.8. The molecule has 0 aliphatic carbocycles. The Hall–Kier alpha value is -10.9. The maximum atomic E-state index is 15.2. The number of amides is 11. The number of nitrogens with one attached hydrogen (secondary N) is 13. The van der Waals surface area contributed by atoms with Crippen LogP contribution in [0.3, 0.4) is 0 Å². The number of aliphatic hydroxyl groups is 1. The van der Waals surface area contributed by atoms with Crippen molar-refractivity contribution < 1.29 is 63.0 Å². The Balaban J connectivity index is 1.29. The predicted octanol–water partition coefficient (Wildman–Crippen LogP) is 2.27. The molecule has 31 nitrogen and oxygen atoms in total. The van der Waals surface area contributed by atoms with Gasteiger partial charge in [0.25, 0.3) is 0 Å². The monoisotopic (exact) mass is 1570 g/mol. The molecule has 2 heterocycles. The molecular weight excluding hydrogens is 1460 g/mol. The number of aromatic hydroxyl groups is 1. The SMILES string of the molecule is CCNC(=NCCCC[C@H](NC(=O)[C@@H](Cc1ccc(O)cc1)NC(=O)[C@@H](CO)NC(=O)[C@H](Cc1cccnc1)NC(=O)[C@H](Cc1ccc(Cl)cc1)NC(=O)[C@H](Cc1ccc2ccccc2c1)NC(C)=O)C(=O)N[C@H](CC(C)C)C(=O)N[C@H](CCCCN=C(NCC)NCC)C(=O)N1CCC[C@@H]1C(=O)N[C@@H](C)C(N)=O)NCC. The summed E-state index contributed by atoms with van der Waals surface area (Å²) in [6.45, 7) is 16.3. The number of phenolic OH excluding ortho intramolecular Hbond substituents is 1. The smallest absolute Gasteiger partial charge is 0.245 e. The van der Waals surface area contributed by atoms with Gasteiger partial charge in [0.1, 0.15) is 66.2 Å². The number of hydrogen-bond donors (Lipinski definition) is 16. The van der Waals surface area contributed by atoms with Gasteiger partial charge >= 0.3 is 0 Å². The first kappa shape index (κ1) is 89.9. The lowest BCUT2D eigenvalue weighted by molar-refractivity contribution is -0.142. The third-order valence-corrected chi connectivity index (χ3v) is 18.7. The van der Waals surface area contributed by atoms with Crippen molar-refractivity contribution in [2.24, 2.45) is 21.6 Å². The quantitative estimate of drug-likeness (QED) is 0.0151. The van der Waals surface area contributed by atoms with Gasteiger partial charge in [-0.3, -0.25) is 67.7 Å². The number of aliphatic imine (C=N–C) groups is 2. The van der Waals surface area contributed by atoms with Crippen molar-refractivity contribution in [3.8, 4) is 5.75 Å². The molecule has 0 bridgehead atoms. The lowest BCUT2D eigenvalue weighted by Crippen LogP contribution is -2.61. The number of likely N-dealkylation sites (tertiary alicyclic amines) is 1. The zero-order valence-electron chi connectivity index (χ0n) is 65.3. The zero-order chi connectivity index (χ0) is 81.7. The first-order valence-electron chi connectivity index (χ1n) is 38.6. The summed E-state index contributed by atoms with van der Waals surface area (Å²) in [5, 5.41) is 60.9. The van der Waals surface area contributed by atoms with E-state index in [0.717, 1.165) is 10.8 Å². The highest BCUT2D eigenvalue weighted by Gasteiger charge is 2.40. The van der Waals surface area contributed by atoms with Crippen molar-refractivity contribution in [1.82, 2.24) is 79.0 Å². The molecule has 6 rings (SSSR count). The third-order valence-electron chi connectivity index (χ3n) is 18.5. The predicted molar refractivity (Wildman–Crippen MR) is 429 cm³/mol. The Kier molecular flexibility index (Phi) is 38.0. The van der Waals surface area contributed by atoms with Crippen LogP contribution < -0.4 is 74.9 Å². The fraction of sp³-hybridized carbons (Fsp3) is 0.500. The summed E-state index contributed by atoms with van der Waals surface area (Å²) in [7, 11) is 0. The molecule has 11 amide bonds. The highest BCUT2D eigenvalue weighted by molar-refractivity contribution is 6.30. The Bertz CT molecular complexity index is 3970. The number of halogens is 1. The Morgan fingerprint density at radius 1 is 0.518 bits per heavy atom. The van der Waals surface area contributed by atoms with Crippen LogP contribution in [0.1, 0.15) is 135 Å². The van der Waals surface area contributed by atoms with Gasteiger partial charge in [-0.05, 0) is 162 Å². The number of carbonyl (C=O) groups is 11. The molecule has 5 aromatic rings. The van der Waals surface area contributed by atoms with E-state index in [-0.39, 0.29) is 76.0 Å². The van der Waals surface area contributed by atoms with Crippen LogP contribution >= 0.6 is 11.6 Å². The number of phenols is 1. The Morgan fingerprint density at radius 2 is 0.964 bits per heavy atom. The number of primary amides is 1. The van der Waals surface area contributed by atoms with Crippen LogP contribution in [0.15, 0.2) is 126 Å². The molecule has 608 valence electrons. The molecule has 1 aromatic heterocycles. The van der Waals surface area contributed by atoms with Crippen molar-refractivity contribution in [2.45, 2.75) is 199 Å². The standard InChI is InChI=1S/C80H113ClN18O13/c1-9-84-79(85-10-2)88-38-17-15-24-60(70(104)94-62(41-49(5)6)71(105)93-61(25-16-18-39-89-80(86-11-3)87-12-4)78(112)99-40-20-26-68(99)77(111)90-50(7)69(82)103)92-73(107)64(44-53-30-35-59(102)36-31-53)97-76(110)67(48-100)98-75(109)66(46-55-21-19-37-83-47-55)96-74(108)65(43-52-28-33-58(81)34-29-52)95-72(106)63(91-51(8)101)45-54-27-32-56-22-13-14-23-57(56)42-54/h13-14,19,21-23,27-37,42,47,49-50,60-68,100,102H,9-12,15-18,20,24-26,38-41,43-46,48H2,1-8H3,(H2,82,103)(H,90,111)(H,91,101)(H,92,107)(H,93,105)(H,94,104)(H,95,106)(H,96,108)(H,97,110)(H,98,109)(H2,84,85,88)(H2,86,87,89)/t50-,60-,61+,62+,63-,64+,65-,66-,67+,68+/m0/s1. The van der Waals surface area contributed by atoms with E-state index in [1.807, 2.05) is 84.0 Å². The molecule has 0 radical (unpaired) electrons.